The first-order valence-corrected chi connectivity index (χ1v) is 10.9. The molecule has 0 aliphatic carbocycles. The molecule has 5 aromatic rings. The number of nitrogens with one attached hydrogen (secondary N) is 1. The third-order valence-corrected chi connectivity index (χ3v) is 5.58. The number of rotatable bonds is 6. The number of H-pyrrole nitrogens is 1. The summed E-state index contributed by atoms with van der Waals surface area (Å²) in [5, 5.41) is 16.7. The number of aromatic nitrogens is 5. The number of para-hydroxylation sites is 2. The maximum absolute atomic E-state index is 13.1. The molecule has 0 saturated heterocycles. The van der Waals surface area contributed by atoms with Crippen molar-refractivity contribution in [2.45, 2.75) is 26.3 Å². The van der Waals surface area contributed by atoms with E-state index < -0.39 is 0 Å². The van der Waals surface area contributed by atoms with Gasteiger partial charge in [0.2, 0.25) is 0 Å². The topological polar surface area (TPSA) is 101 Å². The molecule has 34 heavy (non-hydrogen) atoms. The number of ether oxygens (including phenoxy) is 1. The fourth-order valence-corrected chi connectivity index (χ4v) is 3.95. The summed E-state index contributed by atoms with van der Waals surface area (Å²) >= 11 is 0. The van der Waals surface area contributed by atoms with Crippen LogP contribution in [0.3, 0.4) is 0 Å². The second-order valence-corrected chi connectivity index (χ2v) is 8.24. The summed E-state index contributed by atoms with van der Waals surface area (Å²) in [4.78, 5) is 17.8. The van der Waals surface area contributed by atoms with Crippen LogP contribution in [-0.4, -0.2) is 24.4 Å². The van der Waals surface area contributed by atoms with Gasteiger partial charge in [0.25, 0.3) is 5.56 Å². The molecule has 0 unspecified atom stereocenters. The Morgan fingerprint density at radius 1 is 1.12 bits per heavy atom. The molecule has 2 aromatic carbocycles. The highest BCUT2D eigenvalue weighted by Crippen LogP contribution is 2.28. The van der Waals surface area contributed by atoms with Gasteiger partial charge in [0.1, 0.15) is 23.1 Å². The van der Waals surface area contributed by atoms with Gasteiger partial charge in [-0.05, 0) is 24.1 Å². The van der Waals surface area contributed by atoms with Crippen LogP contribution in [0.25, 0.3) is 16.9 Å². The van der Waals surface area contributed by atoms with Crippen LogP contribution in [0, 0.1) is 11.3 Å². The van der Waals surface area contributed by atoms with E-state index in [2.05, 4.69) is 21.3 Å². The minimum Gasteiger partial charge on any atom is -0.457 e. The minimum atomic E-state index is -0.217. The molecule has 0 spiro atoms. The zero-order chi connectivity index (χ0) is 23.7. The van der Waals surface area contributed by atoms with E-state index in [9.17, 15) is 10.1 Å². The molecule has 0 amide bonds. The smallest absolute Gasteiger partial charge is 0.276 e. The van der Waals surface area contributed by atoms with Crippen molar-refractivity contribution in [2.75, 3.05) is 0 Å². The van der Waals surface area contributed by atoms with Crippen LogP contribution in [-0.2, 0) is 6.54 Å². The molecule has 8 nitrogen and oxygen atoms in total. The van der Waals surface area contributed by atoms with Crippen LogP contribution >= 0.6 is 0 Å². The summed E-state index contributed by atoms with van der Waals surface area (Å²) in [6, 6.07) is 19.5. The number of hydrogen-bond donors (Lipinski definition) is 1. The number of benzene rings is 2. The Morgan fingerprint density at radius 3 is 2.65 bits per heavy atom. The predicted octanol–water partition coefficient (Wildman–Crippen LogP) is 4.72. The third-order valence-electron chi connectivity index (χ3n) is 5.58. The van der Waals surface area contributed by atoms with Crippen LogP contribution in [0.1, 0.15) is 36.5 Å². The van der Waals surface area contributed by atoms with Crippen molar-refractivity contribution < 1.29 is 4.74 Å². The molecule has 0 radical (unpaired) electrons. The van der Waals surface area contributed by atoms with Crippen molar-refractivity contribution in [3.63, 3.8) is 0 Å². The molecule has 0 aliphatic rings. The summed E-state index contributed by atoms with van der Waals surface area (Å²) in [6.07, 6.45) is 5.05. The normalized spacial score (nSPS) is 11.1. The molecule has 0 aliphatic heterocycles. The fourth-order valence-electron chi connectivity index (χ4n) is 3.95. The largest absolute Gasteiger partial charge is 0.457 e. The second-order valence-electron chi connectivity index (χ2n) is 8.24. The maximum atomic E-state index is 13.1. The Hall–Kier alpha value is -4.64. The Morgan fingerprint density at radius 2 is 1.88 bits per heavy atom. The van der Waals surface area contributed by atoms with Crippen molar-refractivity contribution >= 4 is 5.65 Å². The van der Waals surface area contributed by atoms with Gasteiger partial charge in [-0.3, -0.25) is 14.6 Å². The summed E-state index contributed by atoms with van der Waals surface area (Å²) < 4.78 is 9.18. The van der Waals surface area contributed by atoms with Gasteiger partial charge in [0.15, 0.2) is 5.65 Å². The lowest BCUT2D eigenvalue weighted by atomic mass is 10.00. The Bertz CT molecular complexity index is 1570. The summed E-state index contributed by atoms with van der Waals surface area (Å²) in [5.74, 6) is 1.44. The van der Waals surface area contributed by atoms with E-state index in [-0.39, 0.29) is 11.5 Å². The molecule has 0 saturated carbocycles. The van der Waals surface area contributed by atoms with Crippen molar-refractivity contribution in [1.29, 1.82) is 5.26 Å². The SMILES string of the molecule is CC(C)c1c(-c2cnn(Cc3ccccc3Oc3ccccc3)c2)nc2c(C#N)c[nH]n2c1=O. The molecular formula is C26H22N6O2. The van der Waals surface area contributed by atoms with Gasteiger partial charge in [-0.2, -0.15) is 10.4 Å². The lowest BCUT2D eigenvalue weighted by Gasteiger charge is -2.11. The van der Waals surface area contributed by atoms with Gasteiger partial charge in [0, 0.05) is 29.1 Å². The van der Waals surface area contributed by atoms with E-state index in [1.165, 1.54) is 10.7 Å². The highest BCUT2D eigenvalue weighted by molar-refractivity contribution is 5.67. The van der Waals surface area contributed by atoms with Gasteiger partial charge >= 0.3 is 0 Å². The van der Waals surface area contributed by atoms with Gasteiger partial charge in [-0.1, -0.05) is 50.2 Å². The predicted molar refractivity (Wildman–Crippen MR) is 128 cm³/mol. The van der Waals surface area contributed by atoms with Gasteiger partial charge in [-0.25, -0.2) is 9.50 Å². The lowest BCUT2D eigenvalue weighted by molar-refractivity contribution is 0.472. The summed E-state index contributed by atoms with van der Waals surface area (Å²) in [6.45, 7) is 4.38. The number of hydrogen-bond acceptors (Lipinski definition) is 5. The average Bonchev–Trinajstić information content (AvgIpc) is 3.47. The molecule has 0 fully saturated rings. The average molecular weight is 451 g/mol. The van der Waals surface area contributed by atoms with Crippen molar-refractivity contribution in [2.24, 2.45) is 0 Å². The first-order chi connectivity index (χ1) is 16.5. The molecule has 0 atom stereocenters. The van der Waals surface area contributed by atoms with Crippen LogP contribution < -0.4 is 10.3 Å². The lowest BCUT2D eigenvalue weighted by Crippen LogP contribution is -2.22. The fraction of sp³-hybridized carbons (Fsp3) is 0.154. The van der Waals surface area contributed by atoms with Crippen molar-refractivity contribution in [3.05, 3.63) is 100 Å². The van der Waals surface area contributed by atoms with E-state index in [1.54, 1.807) is 10.9 Å². The number of nitriles is 1. The van der Waals surface area contributed by atoms with Crippen LogP contribution in [0.5, 0.6) is 11.5 Å². The first kappa shape index (κ1) is 21.2. The summed E-state index contributed by atoms with van der Waals surface area (Å²) in [7, 11) is 0. The molecular weight excluding hydrogens is 428 g/mol. The second kappa shape index (κ2) is 8.71. The Balaban J connectivity index is 1.52. The van der Waals surface area contributed by atoms with Crippen LogP contribution in [0.2, 0.25) is 0 Å². The van der Waals surface area contributed by atoms with Crippen LogP contribution in [0.15, 0.2) is 78.0 Å². The molecule has 5 rings (SSSR count). The van der Waals surface area contributed by atoms with Crippen molar-refractivity contribution in [3.8, 4) is 28.8 Å². The molecule has 1 N–H and O–H groups in total. The van der Waals surface area contributed by atoms with Gasteiger partial charge in [-0.15, -0.1) is 0 Å². The van der Waals surface area contributed by atoms with Crippen molar-refractivity contribution in [1.82, 2.24) is 24.4 Å². The number of fused-ring (bicyclic) bond motifs is 1. The van der Waals surface area contributed by atoms with E-state index in [0.29, 0.717) is 29.0 Å². The van der Waals surface area contributed by atoms with Gasteiger partial charge in [0.05, 0.1) is 18.4 Å². The zero-order valence-corrected chi connectivity index (χ0v) is 18.8. The Labute approximate surface area is 195 Å². The molecule has 8 heteroatoms. The van der Waals surface area contributed by atoms with E-state index in [0.717, 1.165) is 22.6 Å². The summed E-state index contributed by atoms with van der Waals surface area (Å²) in [5.41, 5.74) is 3.19. The Kier molecular flexibility index (Phi) is 5.44. The minimum absolute atomic E-state index is 0.0657. The monoisotopic (exact) mass is 450 g/mol. The highest BCUT2D eigenvalue weighted by atomic mass is 16.5. The van der Waals surface area contributed by atoms with E-state index in [1.807, 2.05) is 74.6 Å². The molecule has 168 valence electrons. The van der Waals surface area contributed by atoms with Gasteiger partial charge < -0.3 is 4.74 Å². The van der Waals surface area contributed by atoms with E-state index in [4.69, 9.17) is 4.74 Å². The molecule has 3 heterocycles. The highest BCUT2D eigenvalue weighted by Gasteiger charge is 2.21. The first-order valence-electron chi connectivity index (χ1n) is 10.9. The maximum Gasteiger partial charge on any atom is 0.276 e. The standard InChI is InChI=1S/C26H22N6O2/c1-17(2)23-24(30-25-19(12-27)13-29-32(25)26(23)33)20-14-28-31(16-20)15-18-8-6-7-11-22(18)34-21-9-4-3-5-10-21/h3-11,13-14,16-17,29H,15H2,1-2H3. The van der Waals surface area contributed by atoms with E-state index >= 15 is 0 Å². The molecule has 3 aromatic heterocycles. The quantitative estimate of drug-likeness (QED) is 0.403. The third kappa shape index (κ3) is 3.84. The molecule has 0 bridgehead atoms. The number of nitrogens with zero attached hydrogens (tertiary/aromatic N) is 5. The zero-order valence-electron chi connectivity index (χ0n) is 18.8. The van der Waals surface area contributed by atoms with Crippen LogP contribution in [0.4, 0.5) is 0 Å². The number of aromatic amines is 1.